The molecule has 6 nitrogen and oxygen atoms in total. The summed E-state index contributed by atoms with van der Waals surface area (Å²) in [6.07, 6.45) is 0.603. The first-order valence-electron chi connectivity index (χ1n) is 7.68. The molecule has 1 aromatic rings. The number of allylic oxidation sites excluding steroid dienone is 1. The van der Waals surface area contributed by atoms with Gasteiger partial charge in [0.1, 0.15) is 12.4 Å². The van der Waals surface area contributed by atoms with Crippen molar-refractivity contribution in [1.82, 2.24) is 0 Å². The molecule has 132 valence electrons. The largest absolute Gasteiger partial charge is 0.489 e. The smallest absolute Gasteiger partial charge is 0.337 e. The number of ether oxygens (including phenoxy) is 3. The fourth-order valence-corrected chi connectivity index (χ4v) is 2.10. The fourth-order valence-electron chi connectivity index (χ4n) is 2.10. The second-order valence-corrected chi connectivity index (χ2v) is 5.60. The number of rotatable bonds is 9. The number of hydrogen-bond acceptors (Lipinski definition) is 5. The molecule has 0 heterocycles. The highest BCUT2D eigenvalue weighted by atomic mass is 16.5. The van der Waals surface area contributed by atoms with Crippen molar-refractivity contribution in [2.45, 2.75) is 20.3 Å². The van der Waals surface area contributed by atoms with Crippen LogP contribution in [0.4, 0.5) is 5.69 Å². The van der Waals surface area contributed by atoms with Gasteiger partial charge in [0, 0.05) is 13.0 Å². The van der Waals surface area contributed by atoms with E-state index in [9.17, 15) is 9.59 Å². The van der Waals surface area contributed by atoms with Crippen molar-refractivity contribution in [3.05, 3.63) is 35.9 Å². The van der Waals surface area contributed by atoms with Gasteiger partial charge in [-0.3, -0.25) is 4.79 Å². The third kappa shape index (κ3) is 6.04. The first kappa shape index (κ1) is 19.7. The van der Waals surface area contributed by atoms with E-state index < -0.39 is 5.97 Å². The van der Waals surface area contributed by atoms with E-state index in [4.69, 9.17) is 14.2 Å². The number of amides is 1. The average molecular weight is 335 g/mol. The van der Waals surface area contributed by atoms with Crippen LogP contribution in [0.3, 0.4) is 0 Å². The Morgan fingerprint density at radius 2 is 1.96 bits per heavy atom. The Labute approximate surface area is 142 Å². The Morgan fingerprint density at radius 3 is 2.54 bits per heavy atom. The summed E-state index contributed by atoms with van der Waals surface area (Å²) in [7, 11) is 2.87. The molecule has 24 heavy (non-hydrogen) atoms. The minimum absolute atomic E-state index is 0.139. The normalized spacial score (nSPS) is 11.5. The molecule has 0 aliphatic rings. The molecule has 0 aromatic heterocycles. The van der Waals surface area contributed by atoms with Gasteiger partial charge in [0.2, 0.25) is 5.91 Å². The van der Waals surface area contributed by atoms with Crippen LogP contribution in [0.2, 0.25) is 0 Å². The Kier molecular flexibility index (Phi) is 7.98. The van der Waals surface area contributed by atoms with Gasteiger partial charge in [-0.05, 0) is 31.5 Å². The van der Waals surface area contributed by atoms with Crippen molar-refractivity contribution in [1.29, 1.82) is 0 Å². The maximum atomic E-state index is 12.3. The highest BCUT2D eigenvalue weighted by Gasteiger charge is 2.17. The molecule has 0 aliphatic carbocycles. The summed E-state index contributed by atoms with van der Waals surface area (Å²) >= 11 is 0. The minimum atomic E-state index is -0.472. The van der Waals surface area contributed by atoms with Crippen molar-refractivity contribution >= 4 is 17.6 Å². The van der Waals surface area contributed by atoms with Gasteiger partial charge in [0.05, 0.1) is 25.0 Å². The van der Waals surface area contributed by atoms with Crippen molar-refractivity contribution in [3.8, 4) is 5.75 Å². The molecule has 0 saturated heterocycles. The molecule has 0 saturated carbocycles. The van der Waals surface area contributed by atoms with Crippen molar-refractivity contribution < 1.29 is 23.8 Å². The zero-order valence-corrected chi connectivity index (χ0v) is 14.7. The predicted molar refractivity (Wildman–Crippen MR) is 92.4 cm³/mol. The molecular formula is C18H25NO5. The number of carbonyl (C=O) groups is 2. The molecule has 0 aliphatic heterocycles. The Morgan fingerprint density at radius 1 is 1.25 bits per heavy atom. The third-order valence-electron chi connectivity index (χ3n) is 3.31. The number of esters is 1. The quantitative estimate of drug-likeness (QED) is 0.426. The summed E-state index contributed by atoms with van der Waals surface area (Å²) in [5, 5.41) is 2.83. The summed E-state index contributed by atoms with van der Waals surface area (Å²) in [6, 6.07) is 4.74. The number of anilines is 1. The van der Waals surface area contributed by atoms with Gasteiger partial charge in [-0.1, -0.05) is 12.5 Å². The van der Waals surface area contributed by atoms with Crippen molar-refractivity contribution in [2.24, 2.45) is 5.92 Å². The van der Waals surface area contributed by atoms with E-state index >= 15 is 0 Å². The van der Waals surface area contributed by atoms with Gasteiger partial charge in [-0.25, -0.2) is 4.79 Å². The van der Waals surface area contributed by atoms with E-state index in [2.05, 4.69) is 11.9 Å². The van der Waals surface area contributed by atoms with E-state index in [1.807, 2.05) is 13.8 Å². The molecule has 1 amide bonds. The molecule has 0 spiro atoms. The lowest BCUT2D eigenvalue weighted by Gasteiger charge is -2.16. The topological polar surface area (TPSA) is 73.9 Å². The summed E-state index contributed by atoms with van der Waals surface area (Å²) in [6.45, 7) is 8.22. The van der Waals surface area contributed by atoms with E-state index in [1.54, 1.807) is 25.3 Å². The molecule has 0 bridgehead atoms. The minimum Gasteiger partial charge on any atom is -0.489 e. The zero-order valence-electron chi connectivity index (χ0n) is 14.7. The summed E-state index contributed by atoms with van der Waals surface area (Å²) in [5.74, 6) is -0.430. The monoisotopic (exact) mass is 335 g/mol. The third-order valence-corrected chi connectivity index (χ3v) is 3.31. The maximum Gasteiger partial charge on any atom is 0.337 e. The van der Waals surface area contributed by atoms with Gasteiger partial charge in [-0.2, -0.15) is 0 Å². The van der Waals surface area contributed by atoms with Crippen LogP contribution >= 0.6 is 0 Å². The molecule has 0 fully saturated rings. The standard InChI is InChI=1S/C18H25NO5/c1-12(2)10-13(3)17(20)19-15-7-6-14(18(21)23-5)11-16(15)24-9-8-22-4/h6-7,11,13H,1,8-10H2,2-5H3,(H,19,20). The van der Waals surface area contributed by atoms with Gasteiger partial charge >= 0.3 is 5.97 Å². The summed E-state index contributed by atoms with van der Waals surface area (Å²) in [4.78, 5) is 23.9. The number of hydrogen-bond donors (Lipinski definition) is 1. The summed E-state index contributed by atoms with van der Waals surface area (Å²) in [5.41, 5.74) is 1.78. The average Bonchev–Trinajstić information content (AvgIpc) is 2.54. The van der Waals surface area contributed by atoms with Crippen molar-refractivity contribution in [2.75, 3.05) is 32.8 Å². The lowest BCUT2D eigenvalue weighted by molar-refractivity contribution is -0.119. The van der Waals surface area contributed by atoms with Crippen molar-refractivity contribution in [3.63, 3.8) is 0 Å². The van der Waals surface area contributed by atoms with Crippen LogP contribution in [0.1, 0.15) is 30.6 Å². The molecule has 1 aromatic carbocycles. The zero-order chi connectivity index (χ0) is 18.1. The Bertz CT molecular complexity index is 597. The van der Waals surface area contributed by atoms with Crippen LogP contribution in [-0.2, 0) is 14.3 Å². The SMILES string of the molecule is C=C(C)CC(C)C(=O)Nc1ccc(C(=O)OC)cc1OCCOC. The van der Waals surface area contributed by atoms with Crippen LogP contribution in [0.5, 0.6) is 5.75 Å². The lowest BCUT2D eigenvalue weighted by Crippen LogP contribution is -2.21. The molecule has 1 unspecified atom stereocenters. The van der Waals surface area contributed by atoms with Gasteiger partial charge < -0.3 is 19.5 Å². The molecule has 1 N–H and O–H groups in total. The van der Waals surface area contributed by atoms with E-state index in [0.29, 0.717) is 36.6 Å². The lowest BCUT2D eigenvalue weighted by atomic mass is 10.0. The highest BCUT2D eigenvalue weighted by Crippen LogP contribution is 2.27. The van der Waals surface area contributed by atoms with Gasteiger partial charge in [-0.15, -0.1) is 6.58 Å². The number of benzene rings is 1. The second-order valence-electron chi connectivity index (χ2n) is 5.60. The Hall–Kier alpha value is -2.34. The number of carbonyl (C=O) groups excluding carboxylic acids is 2. The van der Waals surface area contributed by atoms with Crippen LogP contribution in [0.25, 0.3) is 0 Å². The molecule has 0 radical (unpaired) electrons. The van der Waals surface area contributed by atoms with Crippen LogP contribution < -0.4 is 10.1 Å². The van der Waals surface area contributed by atoms with Crippen LogP contribution in [-0.4, -0.2) is 39.3 Å². The summed E-state index contributed by atoms with van der Waals surface area (Å²) < 4.78 is 15.3. The first-order valence-corrected chi connectivity index (χ1v) is 7.68. The van der Waals surface area contributed by atoms with Crippen LogP contribution in [0.15, 0.2) is 30.4 Å². The number of methoxy groups -OCH3 is 2. The maximum absolute atomic E-state index is 12.3. The molecule has 1 rings (SSSR count). The predicted octanol–water partition coefficient (Wildman–Crippen LogP) is 3.04. The van der Waals surface area contributed by atoms with Gasteiger partial charge in [0.15, 0.2) is 0 Å². The van der Waals surface area contributed by atoms with Gasteiger partial charge in [0.25, 0.3) is 0 Å². The highest BCUT2D eigenvalue weighted by molar-refractivity contribution is 5.96. The molecule has 6 heteroatoms. The van der Waals surface area contributed by atoms with E-state index in [0.717, 1.165) is 5.57 Å². The number of nitrogens with one attached hydrogen (secondary N) is 1. The van der Waals surface area contributed by atoms with E-state index in [1.165, 1.54) is 7.11 Å². The van der Waals surface area contributed by atoms with Crippen LogP contribution in [0, 0.1) is 5.92 Å². The second kappa shape index (κ2) is 9.72. The first-order chi connectivity index (χ1) is 11.4. The molecular weight excluding hydrogens is 310 g/mol. The fraction of sp³-hybridized carbons (Fsp3) is 0.444. The van der Waals surface area contributed by atoms with E-state index in [-0.39, 0.29) is 11.8 Å². The Balaban J connectivity index is 2.96. The molecule has 1 atom stereocenters.